The highest BCUT2D eigenvalue weighted by Gasteiger charge is 2.13. The van der Waals surface area contributed by atoms with Crippen LogP contribution in [0.3, 0.4) is 0 Å². The summed E-state index contributed by atoms with van der Waals surface area (Å²) in [4.78, 5) is 12.5. The topological polar surface area (TPSA) is 41.1 Å². The molecule has 0 saturated carbocycles. The molecule has 1 unspecified atom stereocenters. The fraction of sp³-hybridized carbons (Fsp3) is 0.467. The van der Waals surface area contributed by atoms with Crippen LogP contribution in [0.2, 0.25) is 0 Å². The second-order valence-electron chi connectivity index (χ2n) is 4.66. The van der Waals surface area contributed by atoms with Crippen molar-refractivity contribution in [2.45, 2.75) is 33.4 Å². The molecule has 4 nitrogen and oxygen atoms in total. The van der Waals surface area contributed by atoms with Crippen LogP contribution in [0.5, 0.6) is 0 Å². The van der Waals surface area contributed by atoms with E-state index in [2.05, 4.69) is 47.0 Å². The third-order valence-electron chi connectivity index (χ3n) is 3.18. The standard InChI is InChI=1S/C15H22N4S/c1-4-16-12(3)14-10-18-15(20-14)19(5-2)11-13-8-6-7-9-17-13/h6-10,12,16H,4-5,11H2,1-3H3. The molecule has 0 spiro atoms. The quantitative estimate of drug-likeness (QED) is 0.850. The summed E-state index contributed by atoms with van der Waals surface area (Å²) >= 11 is 1.76. The third kappa shape index (κ3) is 3.77. The molecule has 20 heavy (non-hydrogen) atoms. The number of pyridine rings is 1. The Balaban J connectivity index is 2.08. The summed E-state index contributed by atoms with van der Waals surface area (Å²) in [6.45, 7) is 9.16. The van der Waals surface area contributed by atoms with Gasteiger partial charge in [-0.05, 0) is 32.5 Å². The normalized spacial score (nSPS) is 12.3. The summed E-state index contributed by atoms with van der Waals surface area (Å²) < 4.78 is 0. The number of anilines is 1. The Labute approximate surface area is 124 Å². The van der Waals surface area contributed by atoms with Gasteiger partial charge in [-0.3, -0.25) is 4.98 Å². The van der Waals surface area contributed by atoms with Gasteiger partial charge < -0.3 is 10.2 Å². The largest absolute Gasteiger partial charge is 0.342 e. The van der Waals surface area contributed by atoms with Crippen molar-refractivity contribution in [1.82, 2.24) is 15.3 Å². The molecular formula is C15H22N4S. The Morgan fingerprint density at radius 1 is 1.30 bits per heavy atom. The molecular weight excluding hydrogens is 268 g/mol. The minimum Gasteiger partial charge on any atom is -0.342 e. The summed E-state index contributed by atoms with van der Waals surface area (Å²) in [5.74, 6) is 0. The number of rotatable bonds is 7. The molecule has 0 aliphatic rings. The zero-order valence-corrected chi connectivity index (χ0v) is 13.2. The predicted molar refractivity (Wildman–Crippen MR) is 85.2 cm³/mol. The van der Waals surface area contributed by atoms with Gasteiger partial charge in [-0.15, -0.1) is 11.3 Å². The third-order valence-corrected chi connectivity index (χ3v) is 4.42. The zero-order chi connectivity index (χ0) is 14.4. The van der Waals surface area contributed by atoms with Crippen molar-refractivity contribution < 1.29 is 0 Å². The number of nitrogens with one attached hydrogen (secondary N) is 1. The van der Waals surface area contributed by atoms with Gasteiger partial charge in [-0.2, -0.15) is 0 Å². The second-order valence-corrected chi connectivity index (χ2v) is 5.70. The molecule has 5 heteroatoms. The lowest BCUT2D eigenvalue weighted by molar-refractivity contribution is 0.606. The van der Waals surface area contributed by atoms with E-state index in [1.54, 1.807) is 11.3 Å². The molecule has 0 amide bonds. The maximum atomic E-state index is 4.56. The fourth-order valence-electron chi connectivity index (χ4n) is 2.03. The highest BCUT2D eigenvalue weighted by atomic mass is 32.1. The average Bonchev–Trinajstić information content (AvgIpc) is 2.96. The number of aromatic nitrogens is 2. The van der Waals surface area contributed by atoms with Crippen LogP contribution in [-0.4, -0.2) is 23.1 Å². The Morgan fingerprint density at radius 3 is 2.80 bits per heavy atom. The van der Waals surface area contributed by atoms with Crippen molar-refractivity contribution in [2.24, 2.45) is 0 Å². The van der Waals surface area contributed by atoms with Gasteiger partial charge in [0, 0.05) is 29.9 Å². The van der Waals surface area contributed by atoms with Crippen LogP contribution in [0.4, 0.5) is 5.13 Å². The van der Waals surface area contributed by atoms with Gasteiger partial charge in [0.2, 0.25) is 0 Å². The van der Waals surface area contributed by atoms with E-state index in [4.69, 9.17) is 0 Å². The predicted octanol–water partition coefficient (Wildman–Crippen LogP) is 3.24. The van der Waals surface area contributed by atoms with Crippen molar-refractivity contribution in [3.63, 3.8) is 0 Å². The number of hydrogen-bond acceptors (Lipinski definition) is 5. The van der Waals surface area contributed by atoms with Crippen molar-refractivity contribution in [1.29, 1.82) is 0 Å². The zero-order valence-electron chi connectivity index (χ0n) is 12.3. The van der Waals surface area contributed by atoms with Gasteiger partial charge in [0.15, 0.2) is 5.13 Å². The first-order valence-corrected chi connectivity index (χ1v) is 7.90. The minimum atomic E-state index is 0.361. The summed E-state index contributed by atoms with van der Waals surface area (Å²) in [6, 6.07) is 6.38. The van der Waals surface area contributed by atoms with E-state index >= 15 is 0 Å². The molecule has 0 bridgehead atoms. The fourth-order valence-corrected chi connectivity index (χ4v) is 3.04. The molecule has 2 aromatic rings. The van der Waals surface area contributed by atoms with Crippen LogP contribution in [0.1, 0.15) is 37.4 Å². The lowest BCUT2D eigenvalue weighted by atomic mass is 10.3. The molecule has 2 rings (SSSR count). The summed E-state index contributed by atoms with van der Waals surface area (Å²) in [6.07, 6.45) is 3.82. The van der Waals surface area contributed by atoms with Gasteiger partial charge in [0.05, 0.1) is 12.2 Å². The lowest BCUT2D eigenvalue weighted by Crippen LogP contribution is -2.22. The van der Waals surface area contributed by atoms with Gasteiger partial charge in [0.25, 0.3) is 0 Å². The van der Waals surface area contributed by atoms with E-state index < -0.39 is 0 Å². The van der Waals surface area contributed by atoms with E-state index in [1.165, 1.54) is 4.88 Å². The van der Waals surface area contributed by atoms with Crippen molar-refractivity contribution in [3.05, 3.63) is 41.2 Å². The molecule has 0 aliphatic heterocycles. The molecule has 108 valence electrons. The van der Waals surface area contributed by atoms with Crippen LogP contribution < -0.4 is 10.2 Å². The van der Waals surface area contributed by atoms with Crippen LogP contribution in [0, 0.1) is 0 Å². The number of thiazole rings is 1. The summed E-state index contributed by atoms with van der Waals surface area (Å²) in [5.41, 5.74) is 1.07. The molecule has 2 aromatic heterocycles. The van der Waals surface area contributed by atoms with Crippen LogP contribution in [-0.2, 0) is 6.54 Å². The van der Waals surface area contributed by atoms with Crippen molar-refractivity contribution in [3.8, 4) is 0 Å². The van der Waals surface area contributed by atoms with E-state index in [0.29, 0.717) is 6.04 Å². The Kier molecular flexibility index (Phi) is 5.49. The summed E-state index contributed by atoms with van der Waals surface area (Å²) in [5, 5.41) is 4.49. The molecule has 2 heterocycles. The second kappa shape index (κ2) is 7.36. The van der Waals surface area contributed by atoms with E-state index in [-0.39, 0.29) is 0 Å². The monoisotopic (exact) mass is 290 g/mol. The highest BCUT2D eigenvalue weighted by Crippen LogP contribution is 2.27. The maximum absolute atomic E-state index is 4.56. The average molecular weight is 290 g/mol. The van der Waals surface area contributed by atoms with Crippen molar-refractivity contribution in [2.75, 3.05) is 18.0 Å². The van der Waals surface area contributed by atoms with Crippen LogP contribution in [0.15, 0.2) is 30.6 Å². The Hall–Kier alpha value is -1.46. The number of hydrogen-bond donors (Lipinski definition) is 1. The number of nitrogens with zero attached hydrogens (tertiary/aromatic N) is 3. The highest BCUT2D eigenvalue weighted by molar-refractivity contribution is 7.15. The van der Waals surface area contributed by atoms with E-state index in [1.807, 2.05) is 24.5 Å². The van der Waals surface area contributed by atoms with Gasteiger partial charge in [-0.25, -0.2) is 4.98 Å². The van der Waals surface area contributed by atoms with Gasteiger partial charge >= 0.3 is 0 Å². The first-order valence-electron chi connectivity index (χ1n) is 7.08. The van der Waals surface area contributed by atoms with E-state index in [0.717, 1.165) is 30.5 Å². The molecule has 0 radical (unpaired) electrons. The van der Waals surface area contributed by atoms with Crippen molar-refractivity contribution >= 4 is 16.5 Å². The smallest absolute Gasteiger partial charge is 0.185 e. The molecule has 0 saturated heterocycles. The first-order chi connectivity index (χ1) is 9.74. The molecule has 1 N–H and O–H groups in total. The SMILES string of the molecule is CCNC(C)c1cnc(N(CC)Cc2ccccn2)s1. The minimum absolute atomic E-state index is 0.361. The van der Waals surface area contributed by atoms with Gasteiger partial charge in [0.1, 0.15) is 0 Å². The molecule has 1 atom stereocenters. The Bertz CT molecular complexity index is 512. The summed E-state index contributed by atoms with van der Waals surface area (Å²) in [7, 11) is 0. The first kappa shape index (κ1) is 14.9. The molecule has 0 fully saturated rings. The lowest BCUT2D eigenvalue weighted by Gasteiger charge is -2.19. The molecule has 0 aliphatic carbocycles. The molecule has 0 aromatic carbocycles. The van der Waals surface area contributed by atoms with Crippen LogP contribution in [0.25, 0.3) is 0 Å². The van der Waals surface area contributed by atoms with Crippen LogP contribution >= 0.6 is 11.3 Å². The van der Waals surface area contributed by atoms with E-state index in [9.17, 15) is 0 Å². The maximum Gasteiger partial charge on any atom is 0.185 e. The van der Waals surface area contributed by atoms with Gasteiger partial charge in [-0.1, -0.05) is 13.0 Å². The Morgan fingerprint density at radius 2 is 2.15 bits per heavy atom.